The molecule has 0 unspecified atom stereocenters. The maximum atomic E-state index is 5.60. The highest BCUT2D eigenvalue weighted by Gasteiger charge is 2.22. The van der Waals surface area contributed by atoms with Gasteiger partial charge >= 0.3 is 0 Å². The van der Waals surface area contributed by atoms with Crippen molar-refractivity contribution in [1.82, 2.24) is 9.78 Å². The average molecular weight is 193 g/mol. The van der Waals surface area contributed by atoms with Crippen LogP contribution in [0.4, 0.5) is 0 Å². The fraction of sp³-hybridized carbons (Fsp3) is 0.727. The van der Waals surface area contributed by atoms with Crippen LogP contribution in [-0.4, -0.2) is 16.3 Å². The Hall–Kier alpha value is -0.830. The number of hydrogen-bond acceptors (Lipinski definition) is 2. The van der Waals surface area contributed by atoms with Crippen LogP contribution in [0.1, 0.15) is 43.1 Å². The summed E-state index contributed by atoms with van der Waals surface area (Å²) in [6, 6.07) is 0. The third-order valence-corrected chi connectivity index (χ3v) is 2.92. The van der Waals surface area contributed by atoms with Gasteiger partial charge < -0.3 is 5.73 Å². The topological polar surface area (TPSA) is 43.8 Å². The highest BCUT2D eigenvalue weighted by Crippen LogP contribution is 2.28. The molecule has 0 fully saturated rings. The minimum atomic E-state index is 0.582. The van der Waals surface area contributed by atoms with Crippen molar-refractivity contribution < 1.29 is 0 Å². The van der Waals surface area contributed by atoms with Crippen molar-refractivity contribution >= 4 is 0 Å². The van der Waals surface area contributed by atoms with Crippen molar-refractivity contribution in [2.24, 2.45) is 5.73 Å². The van der Waals surface area contributed by atoms with Gasteiger partial charge in [0, 0.05) is 18.7 Å². The number of fused-ring (bicyclic) bond motifs is 1. The first-order chi connectivity index (χ1) is 6.74. The summed E-state index contributed by atoms with van der Waals surface area (Å²) in [6.07, 6.45) is 3.38. The average Bonchev–Trinajstić information content (AvgIpc) is 2.62. The fourth-order valence-corrected chi connectivity index (χ4v) is 2.40. The molecule has 0 bridgehead atoms. The Morgan fingerprint density at radius 3 is 2.93 bits per heavy atom. The van der Waals surface area contributed by atoms with Gasteiger partial charge in [-0.15, -0.1) is 0 Å². The van der Waals surface area contributed by atoms with E-state index in [-0.39, 0.29) is 0 Å². The molecule has 0 aliphatic carbocycles. The second-order valence-corrected chi connectivity index (χ2v) is 4.33. The molecule has 0 aromatic carbocycles. The van der Waals surface area contributed by atoms with Gasteiger partial charge in [0.2, 0.25) is 0 Å². The molecule has 2 heterocycles. The summed E-state index contributed by atoms with van der Waals surface area (Å²) in [7, 11) is 0. The Kier molecular flexibility index (Phi) is 2.59. The van der Waals surface area contributed by atoms with Crippen LogP contribution >= 0.6 is 0 Å². The van der Waals surface area contributed by atoms with Gasteiger partial charge in [-0.2, -0.15) is 5.10 Å². The Balaban J connectivity index is 2.40. The van der Waals surface area contributed by atoms with Crippen LogP contribution in [0, 0.1) is 0 Å². The molecule has 0 amide bonds. The SMILES string of the molecule is CC(C)c1c(CCN)nn2c1CCC2. The third kappa shape index (κ3) is 1.46. The Labute approximate surface area is 85.3 Å². The number of rotatable bonds is 3. The van der Waals surface area contributed by atoms with Gasteiger partial charge in [-0.1, -0.05) is 13.8 Å². The number of aryl methyl sites for hydroxylation is 1. The van der Waals surface area contributed by atoms with Crippen molar-refractivity contribution in [3.8, 4) is 0 Å². The molecule has 1 aliphatic heterocycles. The zero-order chi connectivity index (χ0) is 10.1. The second kappa shape index (κ2) is 3.73. The van der Waals surface area contributed by atoms with E-state index < -0.39 is 0 Å². The molecular weight excluding hydrogens is 174 g/mol. The van der Waals surface area contributed by atoms with E-state index in [9.17, 15) is 0 Å². The van der Waals surface area contributed by atoms with Crippen LogP contribution in [-0.2, 0) is 19.4 Å². The van der Waals surface area contributed by atoms with Gasteiger partial charge in [0.15, 0.2) is 0 Å². The van der Waals surface area contributed by atoms with E-state index in [0.29, 0.717) is 12.5 Å². The van der Waals surface area contributed by atoms with Crippen molar-refractivity contribution in [3.63, 3.8) is 0 Å². The lowest BCUT2D eigenvalue weighted by atomic mass is 9.98. The van der Waals surface area contributed by atoms with E-state index in [4.69, 9.17) is 5.73 Å². The standard InChI is InChI=1S/C11H19N3/c1-8(2)11-9(5-6-12)13-14-7-3-4-10(11)14/h8H,3-7,12H2,1-2H3. The van der Waals surface area contributed by atoms with Gasteiger partial charge in [-0.25, -0.2) is 0 Å². The summed E-state index contributed by atoms with van der Waals surface area (Å²) in [5, 5.41) is 4.64. The molecule has 1 aromatic rings. The lowest BCUT2D eigenvalue weighted by molar-refractivity contribution is 0.642. The number of hydrogen-bond donors (Lipinski definition) is 1. The first kappa shape index (κ1) is 9.71. The van der Waals surface area contributed by atoms with E-state index in [0.717, 1.165) is 13.0 Å². The zero-order valence-corrected chi connectivity index (χ0v) is 9.08. The van der Waals surface area contributed by atoms with Crippen LogP contribution in [0.15, 0.2) is 0 Å². The molecule has 1 aliphatic rings. The van der Waals surface area contributed by atoms with Crippen LogP contribution < -0.4 is 5.73 Å². The van der Waals surface area contributed by atoms with Crippen LogP contribution in [0.2, 0.25) is 0 Å². The van der Waals surface area contributed by atoms with Crippen LogP contribution in [0.25, 0.3) is 0 Å². The quantitative estimate of drug-likeness (QED) is 0.789. The first-order valence-corrected chi connectivity index (χ1v) is 5.52. The minimum absolute atomic E-state index is 0.582. The molecule has 0 saturated heterocycles. The maximum absolute atomic E-state index is 5.60. The summed E-state index contributed by atoms with van der Waals surface area (Å²) < 4.78 is 2.18. The first-order valence-electron chi connectivity index (χ1n) is 5.52. The molecule has 0 spiro atoms. The lowest BCUT2D eigenvalue weighted by Gasteiger charge is -2.07. The highest BCUT2D eigenvalue weighted by molar-refractivity contribution is 5.31. The van der Waals surface area contributed by atoms with Gasteiger partial charge in [-0.3, -0.25) is 4.68 Å². The summed E-state index contributed by atoms with van der Waals surface area (Å²) >= 11 is 0. The highest BCUT2D eigenvalue weighted by atomic mass is 15.3. The van der Waals surface area contributed by atoms with Crippen molar-refractivity contribution in [2.45, 2.75) is 45.6 Å². The molecular formula is C11H19N3. The molecule has 78 valence electrons. The van der Waals surface area contributed by atoms with Crippen LogP contribution in [0.3, 0.4) is 0 Å². The zero-order valence-electron chi connectivity index (χ0n) is 9.08. The van der Waals surface area contributed by atoms with Gasteiger partial charge in [0.25, 0.3) is 0 Å². The molecule has 1 aromatic heterocycles. The molecule has 0 saturated carbocycles. The minimum Gasteiger partial charge on any atom is -0.330 e. The van der Waals surface area contributed by atoms with Gasteiger partial charge in [0.1, 0.15) is 0 Å². The Morgan fingerprint density at radius 1 is 1.50 bits per heavy atom. The summed E-state index contributed by atoms with van der Waals surface area (Å²) in [6.45, 7) is 6.29. The second-order valence-electron chi connectivity index (χ2n) is 4.33. The molecule has 14 heavy (non-hydrogen) atoms. The van der Waals surface area contributed by atoms with E-state index >= 15 is 0 Å². The van der Waals surface area contributed by atoms with Crippen LogP contribution in [0.5, 0.6) is 0 Å². The van der Waals surface area contributed by atoms with E-state index in [1.165, 1.54) is 29.8 Å². The summed E-state index contributed by atoms with van der Waals surface area (Å²) in [5.74, 6) is 0.582. The van der Waals surface area contributed by atoms with Crippen molar-refractivity contribution in [3.05, 3.63) is 17.0 Å². The van der Waals surface area contributed by atoms with Gasteiger partial charge in [-0.05, 0) is 30.9 Å². The van der Waals surface area contributed by atoms with Crippen molar-refractivity contribution in [2.75, 3.05) is 6.54 Å². The van der Waals surface area contributed by atoms with Gasteiger partial charge in [0.05, 0.1) is 5.69 Å². The van der Waals surface area contributed by atoms with E-state index in [1.807, 2.05) is 0 Å². The molecule has 0 atom stereocenters. The Bertz CT molecular complexity index is 326. The molecule has 3 nitrogen and oxygen atoms in total. The smallest absolute Gasteiger partial charge is 0.0674 e. The molecule has 2 rings (SSSR count). The van der Waals surface area contributed by atoms with E-state index in [1.54, 1.807) is 0 Å². The summed E-state index contributed by atoms with van der Waals surface area (Å²) in [4.78, 5) is 0. The number of nitrogens with two attached hydrogens (primary N) is 1. The van der Waals surface area contributed by atoms with E-state index in [2.05, 4.69) is 23.6 Å². The molecule has 2 N–H and O–H groups in total. The lowest BCUT2D eigenvalue weighted by Crippen LogP contribution is -2.06. The fourth-order valence-electron chi connectivity index (χ4n) is 2.40. The predicted octanol–water partition coefficient (Wildman–Crippen LogP) is 1.45. The molecule has 0 radical (unpaired) electrons. The third-order valence-electron chi connectivity index (χ3n) is 2.92. The predicted molar refractivity (Wildman–Crippen MR) is 57.4 cm³/mol. The number of nitrogens with zero attached hydrogens (tertiary/aromatic N) is 2. The van der Waals surface area contributed by atoms with Crippen molar-refractivity contribution in [1.29, 1.82) is 0 Å². The molecule has 3 heteroatoms. The Morgan fingerprint density at radius 2 is 2.29 bits per heavy atom. The maximum Gasteiger partial charge on any atom is 0.0674 e. The summed E-state index contributed by atoms with van der Waals surface area (Å²) in [5.41, 5.74) is 9.76. The number of aromatic nitrogens is 2. The monoisotopic (exact) mass is 193 g/mol. The largest absolute Gasteiger partial charge is 0.330 e. The normalized spacial score (nSPS) is 15.1.